The third kappa shape index (κ3) is 5.58. The Labute approximate surface area is 129 Å². The summed E-state index contributed by atoms with van der Waals surface area (Å²) in [6.07, 6.45) is 0.371. The van der Waals surface area contributed by atoms with Crippen molar-refractivity contribution < 1.29 is 14.7 Å². The van der Waals surface area contributed by atoms with Gasteiger partial charge in [-0.1, -0.05) is 11.8 Å². The largest absolute Gasteiger partial charge is 0.395 e. The monoisotopic (exact) mass is 308 g/mol. The van der Waals surface area contributed by atoms with E-state index < -0.39 is 0 Å². The Morgan fingerprint density at radius 3 is 2.81 bits per heavy atom. The molecule has 6 heteroatoms. The molecule has 0 atom stereocenters. The number of nitrogens with one attached hydrogen (secondary N) is 1. The summed E-state index contributed by atoms with van der Waals surface area (Å²) in [5.74, 6) is 5.25. The van der Waals surface area contributed by atoms with Crippen LogP contribution in [0.2, 0.25) is 0 Å². The van der Waals surface area contributed by atoms with Gasteiger partial charge in [0.15, 0.2) is 0 Å². The second-order valence-corrected chi connectivity index (χ2v) is 5.74. The van der Waals surface area contributed by atoms with Crippen molar-refractivity contribution in [3.63, 3.8) is 0 Å². The number of hydrogen-bond donors (Lipinski definition) is 2. The number of likely N-dealkylation sites (N-methyl/N-ethyl adjacent to an activating group) is 1. The maximum atomic E-state index is 12.3. The van der Waals surface area contributed by atoms with Gasteiger partial charge in [0.25, 0.3) is 5.91 Å². The van der Waals surface area contributed by atoms with Crippen molar-refractivity contribution in [2.75, 3.05) is 20.2 Å². The van der Waals surface area contributed by atoms with E-state index in [1.807, 2.05) is 13.8 Å². The molecule has 5 nitrogen and oxygen atoms in total. The smallest absolute Gasteiger partial charge is 0.265 e. The van der Waals surface area contributed by atoms with Crippen LogP contribution in [0.15, 0.2) is 11.4 Å². The Balaban J connectivity index is 2.73. The molecule has 0 bridgehead atoms. The molecule has 0 fully saturated rings. The van der Waals surface area contributed by atoms with Crippen molar-refractivity contribution in [3.05, 3.63) is 21.9 Å². The van der Waals surface area contributed by atoms with Gasteiger partial charge in [-0.3, -0.25) is 9.59 Å². The highest BCUT2D eigenvalue weighted by molar-refractivity contribution is 7.12. The first-order valence-electron chi connectivity index (χ1n) is 6.67. The average Bonchev–Trinajstić information content (AvgIpc) is 2.85. The number of hydrogen-bond acceptors (Lipinski definition) is 4. The van der Waals surface area contributed by atoms with Crippen molar-refractivity contribution in [2.24, 2.45) is 0 Å². The number of carbonyl (C=O) groups is 2. The topological polar surface area (TPSA) is 69.6 Å². The zero-order valence-corrected chi connectivity index (χ0v) is 13.3. The van der Waals surface area contributed by atoms with Crippen LogP contribution < -0.4 is 5.32 Å². The van der Waals surface area contributed by atoms with Gasteiger partial charge in [-0.05, 0) is 25.3 Å². The van der Waals surface area contributed by atoms with E-state index in [0.29, 0.717) is 16.9 Å². The van der Waals surface area contributed by atoms with E-state index in [0.717, 1.165) is 0 Å². The highest BCUT2D eigenvalue weighted by atomic mass is 32.1. The molecule has 114 valence electrons. The van der Waals surface area contributed by atoms with Crippen molar-refractivity contribution in [1.82, 2.24) is 10.2 Å². The van der Waals surface area contributed by atoms with E-state index >= 15 is 0 Å². The first-order valence-corrected chi connectivity index (χ1v) is 7.55. The number of thiophene rings is 1. The Morgan fingerprint density at radius 2 is 2.19 bits per heavy atom. The third-order valence-electron chi connectivity index (χ3n) is 2.50. The average molecular weight is 308 g/mol. The molecule has 0 unspecified atom stereocenters. The number of aliphatic hydroxyl groups excluding tert-OH is 1. The number of rotatable bonds is 5. The normalized spacial score (nSPS) is 9.95. The quantitative estimate of drug-likeness (QED) is 0.800. The van der Waals surface area contributed by atoms with Gasteiger partial charge in [-0.2, -0.15) is 0 Å². The summed E-state index contributed by atoms with van der Waals surface area (Å²) in [4.78, 5) is 25.9. The summed E-state index contributed by atoms with van der Waals surface area (Å²) in [5.41, 5.74) is 0.634. The summed E-state index contributed by atoms with van der Waals surface area (Å²) in [6, 6.07) is 1.81. The highest BCUT2D eigenvalue weighted by Crippen LogP contribution is 2.17. The molecule has 0 saturated carbocycles. The van der Waals surface area contributed by atoms with E-state index in [-0.39, 0.29) is 31.0 Å². The van der Waals surface area contributed by atoms with Crippen LogP contribution in [-0.2, 0) is 4.79 Å². The molecule has 1 aromatic rings. The van der Waals surface area contributed by atoms with E-state index in [1.165, 1.54) is 16.2 Å². The molecule has 0 radical (unpaired) electrons. The SMILES string of the molecule is CC(C)NC(=O)CN(C)C(=O)c1sccc1C#CCCO. The van der Waals surface area contributed by atoms with Gasteiger partial charge in [-0.15, -0.1) is 11.3 Å². The summed E-state index contributed by atoms with van der Waals surface area (Å²) < 4.78 is 0. The number of aliphatic hydroxyl groups is 1. The van der Waals surface area contributed by atoms with Crippen LogP contribution in [-0.4, -0.2) is 48.1 Å². The lowest BCUT2D eigenvalue weighted by Crippen LogP contribution is -2.40. The van der Waals surface area contributed by atoms with Crippen molar-refractivity contribution in [2.45, 2.75) is 26.3 Å². The minimum atomic E-state index is -0.225. The summed E-state index contributed by atoms with van der Waals surface area (Å²) in [5, 5.41) is 13.2. The van der Waals surface area contributed by atoms with Crippen molar-refractivity contribution in [1.29, 1.82) is 0 Å². The molecule has 0 spiro atoms. The van der Waals surface area contributed by atoms with Gasteiger partial charge in [0.1, 0.15) is 4.88 Å². The van der Waals surface area contributed by atoms with Crippen LogP contribution in [0.1, 0.15) is 35.5 Å². The third-order valence-corrected chi connectivity index (χ3v) is 3.40. The minimum absolute atomic E-state index is 0.00427. The highest BCUT2D eigenvalue weighted by Gasteiger charge is 2.19. The molecular formula is C15H20N2O3S. The zero-order valence-electron chi connectivity index (χ0n) is 12.5. The molecule has 21 heavy (non-hydrogen) atoms. The van der Waals surface area contributed by atoms with E-state index in [4.69, 9.17) is 5.11 Å². The molecule has 2 N–H and O–H groups in total. The number of carbonyl (C=O) groups excluding carboxylic acids is 2. The summed E-state index contributed by atoms with van der Waals surface area (Å²) in [7, 11) is 1.59. The van der Waals surface area contributed by atoms with Gasteiger partial charge in [0.2, 0.25) is 5.91 Å². The Kier molecular flexibility index (Phi) is 6.92. The maximum absolute atomic E-state index is 12.3. The molecule has 0 aliphatic rings. The Hall–Kier alpha value is -1.84. The van der Waals surface area contributed by atoms with Crippen LogP contribution in [0.25, 0.3) is 0 Å². The second kappa shape index (κ2) is 8.45. The molecular weight excluding hydrogens is 288 g/mol. The predicted molar refractivity (Wildman–Crippen MR) is 83.1 cm³/mol. The Morgan fingerprint density at radius 1 is 1.48 bits per heavy atom. The fraction of sp³-hybridized carbons (Fsp3) is 0.467. The molecule has 0 aromatic carbocycles. The molecule has 0 saturated heterocycles. The second-order valence-electron chi connectivity index (χ2n) is 4.82. The predicted octanol–water partition coefficient (Wildman–Crippen LogP) is 1.08. The molecule has 1 heterocycles. The van der Waals surface area contributed by atoms with Gasteiger partial charge >= 0.3 is 0 Å². The van der Waals surface area contributed by atoms with Gasteiger partial charge in [0.05, 0.1) is 13.2 Å². The maximum Gasteiger partial charge on any atom is 0.265 e. The molecule has 0 aliphatic heterocycles. The summed E-state index contributed by atoms with van der Waals surface area (Å²) >= 11 is 1.30. The lowest BCUT2D eigenvalue weighted by Gasteiger charge is -2.17. The van der Waals surface area contributed by atoms with Crippen LogP contribution >= 0.6 is 11.3 Å². The molecule has 1 rings (SSSR count). The lowest BCUT2D eigenvalue weighted by atomic mass is 10.2. The van der Waals surface area contributed by atoms with Crippen LogP contribution in [0.5, 0.6) is 0 Å². The molecule has 0 aliphatic carbocycles. The minimum Gasteiger partial charge on any atom is -0.395 e. The van der Waals surface area contributed by atoms with Gasteiger partial charge in [0, 0.05) is 25.1 Å². The van der Waals surface area contributed by atoms with Crippen LogP contribution in [0.4, 0.5) is 0 Å². The fourth-order valence-corrected chi connectivity index (χ4v) is 2.46. The fourth-order valence-electron chi connectivity index (χ4n) is 1.62. The standard InChI is InChI=1S/C15H20N2O3S/c1-11(2)16-13(19)10-17(3)15(20)14-12(7-9-21-14)6-4-5-8-18/h7,9,11,18H,5,8,10H2,1-3H3,(H,16,19). The van der Waals surface area contributed by atoms with E-state index in [9.17, 15) is 9.59 Å². The van der Waals surface area contributed by atoms with E-state index in [2.05, 4.69) is 17.2 Å². The number of amides is 2. The zero-order chi connectivity index (χ0) is 15.8. The van der Waals surface area contributed by atoms with Gasteiger partial charge < -0.3 is 15.3 Å². The van der Waals surface area contributed by atoms with Gasteiger partial charge in [-0.25, -0.2) is 0 Å². The van der Waals surface area contributed by atoms with Crippen LogP contribution in [0.3, 0.4) is 0 Å². The molecule has 2 amide bonds. The van der Waals surface area contributed by atoms with Crippen LogP contribution in [0, 0.1) is 11.8 Å². The molecule has 1 aromatic heterocycles. The summed E-state index contributed by atoms with van der Waals surface area (Å²) in [6.45, 7) is 3.75. The van der Waals surface area contributed by atoms with Crippen molar-refractivity contribution >= 4 is 23.2 Å². The van der Waals surface area contributed by atoms with E-state index in [1.54, 1.807) is 18.5 Å². The lowest BCUT2D eigenvalue weighted by molar-refractivity contribution is -0.122. The van der Waals surface area contributed by atoms with Crippen molar-refractivity contribution in [3.8, 4) is 11.8 Å². The first kappa shape index (κ1) is 17.2. The first-order chi connectivity index (χ1) is 9.95. The Bertz CT molecular complexity index is 555. The number of nitrogens with zero attached hydrogens (tertiary/aromatic N) is 1.